The highest BCUT2D eigenvalue weighted by molar-refractivity contribution is 7.99. The van der Waals surface area contributed by atoms with Crippen LogP contribution in [-0.4, -0.2) is 19.6 Å². The van der Waals surface area contributed by atoms with Gasteiger partial charge < -0.3 is 9.67 Å². The molecule has 4 rings (SSSR count). The Morgan fingerprint density at radius 1 is 0.938 bits per heavy atom. The Hall–Kier alpha value is -3.03. The summed E-state index contributed by atoms with van der Waals surface area (Å²) in [6, 6.07) is 15.5. The maximum atomic E-state index is 13.9. The van der Waals surface area contributed by atoms with Crippen LogP contribution in [0.4, 0.5) is 8.78 Å². The fourth-order valence-corrected chi connectivity index (χ4v) is 4.27. The molecule has 0 unspecified atom stereocenters. The SMILES string of the molecule is Cc1ccc(Sc2c(-c3ccc(C(C)(C)O)nc3)nc(-c3ccc(F)c(F)c3)n2C)cc1. The number of rotatable bonds is 5. The highest BCUT2D eigenvalue weighted by Crippen LogP contribution is 2.39. The molecule has 0 atom stereocenters. The van der Waals surface area contributed by atoms with Gasteiger partial charge in [0.25, 0.3) is 0 Å². The molecule has 0 aliphatic carbocycles. The van der Waals surface area contributed by atoms with Gasteiger partial charge in [-0.1, -0.05) is 29.5 Å². The van der Waals surface area contributed by atoms with Gasteiger partial charge in [-0.25, -0.2) is 13.8 Å². The summed E-state index contributed by atoms with van der Waals surface area (Å²) in [6.07, 6.45) is 1.67. The number of nitrogens with zero attached hydrogens (tertiary/aromatic N) is 3. The molecule has 7 heteroatoms. The molecule has 0 fully saturated rings. The van der Waals surface area contributed by atoms with Crippen molar-refractivity contribution in [3.8, 4) is 22.6 Å². The molecule has 32 heavy (non-hydrogen) atoms. The number of hydrogen-bond acceptors (Lipinski definition) is 4. The zero-order chi connectivity index (χ0) is 23.0. The summed E-state index contributed by atoms with van der Waals surface area (Å²) >= 11 is 1.53. The molecule has 0 aliphatic rings. The van der Waals surface area contributed by atoms with Crippen LogP contribution >= 0.6 is 11.8 Å². The van der Waals surface area contributed by atoms with E-state index in [9.17, 15) is 13.9 Å². The van der Waals surface area contributed by atoms with Crippen molar-refractivity contribution < 1.29 is 13.9 Å². The van der Waals surface area contributed by atoms with Crippen LogP contribution in [0.25, 0.3) is 22.6 Å². The summed E-state index contributed by atoms with van der Waals surface area (Å²) in [4.78, 5) is 10.2. The largest absolute Gasteiger partial charge is 0.384 e. The van der Waals surface area contributed by atoms with Gasteiger partial charge in [-0.3, -0.25) is 4.98 Å². The summed E-state index contributed by atoms with van der Waals surface area (Å²) in [6.45, 7) is 5.38. The van der Waals surface area contributed by atoms with Gasteiger partial charge >= 0.3 is 0 Å². The number of halogens is 2. The van der Waals surface area contributed by atoms with E-state index in [1.165, 1.54) is 17.8 Å². The van der Waals surface area contributed by atoms with E-state index in [2.05, 4.69) is 4.98 Å². The third-order valence-corrected chi connectivity index (χ3v) is 6.29. The van der Waals surface area contributed by atoms with E-state index in [1.54, 1.807) is 26.1 Å². The monoisotopic (exact) mass is 451 g/mol. The maximum absolute atomic E-state index is 13.9. The van der Waals surface area contributed by atoms with Gasteiger partial charge in [-0.2, -0.15) is 0 Å². The predicted octanol–water partition coefficient (Wildman–Crippen LogP) is 6.11. The zero-order valence-electron chi connectivity index (χ0n) is 18.2. The van der Waals surface area contributed by atoms with Crippen LogP contribution in [0.3, 0.4) is 0 Å². The zero-order valence-corrected chi connectivity index (χ0v) is 19.0. The van der Waals surface area contributed by atoms with Gasteiger partial charge in [0.05, 0.1) is 5.69 Å². The summed E-state index contributed by atoms with van der Waals surface area (Å²) in [5.74, 6) is -1.31. The Morgan fingerprint density at radius 2 is 1.62 bits per heavy atom. The molecule has 2 aromatic heterocycles. The normalized spacial score (nSPS) is 11.7. The number of benzene rings is 2. The van der Waals surface area contributed by atoms with Gasteiger partial charge in [0.1, 0.15) is 22.1 Å². The molecule has 0 bridgehead atoms. The third-order valence-electron chi connectivity index (χ3n) is 5.12. The topological polar surface area (TPSA) is 50.9 Å². The third kappa shape index (κ3) is 4.45. The number of hydrogen-bond donors (Lipinski definition) is 1. The second-order valence-corrected chi connectivity index (χ2v) is 9.25. The second-order valence-electron chi connectivity index (χ2n) is 8.18. The van der Waals surface area contributed by atoms with Crippen LogP contribution < -0.4 is 0 Å². The van der Waals surface area contributed by atoms with Gasteiger partial charge in [-0.15, -0.1) is 0 Å². The molecule has 0 aliphatic heterocycles. The first-order valence-corrected chi connectivity index (χ1v) is 10.9. The summed E-state index contributed by atoms with van der Waals surface area (Å²) in [7, 11) is 1.85. The van der Waals surface area contributed by atoms with Gasteiger partial charge in [-0.05, 0) is 63.2 Å². The van der Waals surface area contributed by atoms with Crippen LogP contribution in [0.5, 0.6) is 0 Å². The Bertz CT molecular complexity index is 1260. The smallest absolute Gasteiger partial charge is 0.159 e. The van der Waals surface area contributed by atoms with E-state index < -0.39 is 17.2 Å². The standard InChI is InChI=1S/C25H23F2N3OS/c1-15-5-9-18(10-6-15)32-24-22(17-8-12-21(28-14-17)25(2,3)31)29-23(30(24)4)16-7-11-19(26)20(27)13-16/h5-14,31H,1-4H3. The highest BCUT2D eigenvalue weighted by Gasteiger charge is 2.22. The van der Waals surface area contributed by atoms with Gasteiger partial charge in [0.15, 0.2) is 11.6 Å². The molecule has 1 N–H and O–H groups in total. The number of aromatic nitrogens is 3. The molecule has 4 aromatic rings. The van der Waals surface area contributed by atoms with Crippen LogP contribution in [0, 0.1) is 18.6 Å². The summed E-state index contributed by atoms with van der Waals surface area (Å²) in [5.41, 5.74) is 2.56. The Labute approximate surface area is 190 Å². The first-order valence-electron chi connectivity index (χ1n) is 10.1. The minimum atomic E-state index is -1.06. The fraction of sp³-hybridized carbons (Fsp3) is 0.200. The molecule has 2 aromatic carbocycles. The lowest BCUT2D eigenvalue weighted by atomic mass is 10.0. The van der Waals surface area contributed by atoms with Crippen molar-refractivity contribution >= 4 is 11.8 Å². The minimum Gasteiger partial charge on any atom is -0.384 e. The molecule has 0 radical (unpaired) electrons. The van der Waals surface area contributed by atoms with Gasteiger partial charge in [0, 0.05) is 29.3 Å². The second kappa shape index (κ2) is 8.48. The Kier molecular flexibility index (Phi) is 5.88. The first-order chi connectivity index (χ1) is 15.1. The lowest BCUT2D eigenvalue weighted by Crippen LogP contribution is -2.17. The van der Waals surface area contributed by atoms with E-state index in [-0.39, 0.29) is 0 Å². The van der Waals surface area contributed by atoms with E-state index in [1.807, 2.05) is 48.9 Å². The molecular weight excluding hydrogens is 428 g/mol. The van der Waals surface area contributed by atoms with Crippen molar-refractivity contribution in [2.45, 2.75) is 36.3 Å². The molecule has 0 spiro atoms. The molecule has 0 saturated heterocycles. The first kappa shape index (κ1) is 22.2. The highest BCUT2D eigenvalue weighted by atomic mass is 32.2. The van der Waals surface area contributed by atoms with Crippen molar-refractivity contribution in [2.75, 3.05) is 0 Å². The molecule has 4 nitrogen and oxygen atoms in total. The average Bonchev–Trinajstić information content (AvgIpc) is 3.07. The summed E-state index contributed by atoms with van der Waals surface area (Å²) in [5, 5.41) is 11.1. The molecule has 0 amide bonds. The van der Waals surface area contributed by atoms with Crippen LogP contribution in [-0.2, 0) is 12.6 Å². The van der Waals surface area contributed by atoms with Crippen molar-refractivity contribution in [1.29, 1.82) is 0 Å². The quantitative estimate of drug-likeness (QED) is 0.397. The van der Waals surface area contributed by atoms with Crippen molar-refractivity contribution in [3.05, 3.63) is 83.7 Å². The molecule has 164 valence electrons. The number of pyridine rings is 1. The van der Waals surface area contributed by atoms with Crippen molar-refractivity contribution in [3.63, 3.8) is 0 Å². The number of imidazole rings is 1. The Balaban J connectivity index is 1.84. The lowest BCUT2D eigenvalue weighted by molar-refractivity contribution is 0.0739. The van der Waals surface area contributed by atoms with E-state index in [0.717, 1.165) is 33.2 Å². The molecule has 2 heterocycles. The maximum Gasteiger partial charge on any atom is 0.159 e. The van der Waals surface area contributed by atoms with Crippen molar-refractivity contribution in [1.82, 2.24) is 14.5 Å². The van der Waals surface area contributed by atoms with Gasteiger partial charge in [0.2, 0.25) is 0 Å². The van der Waals surface area contributed by atoms with Crippen LogP contribution in [0.15, 0.2) is 70.7 Å². The number of aliphatic hydroxyl groups is 1. The van der Waals surface area contributed by atoms with E-state index in [4.69, 9.17) is 4.98 Å². The van der Waals surface area contributed by atoms with Crippen LogP contribution in [0.1, 0.15) is 25.1 Å². The van der Waals surface area contributed by atoms with E-state index >= 15 is 0 Å². The fourth-order valence-electron chi connectivity index (χ4n) is 3.30. The molecule has 0 saturated carbocycles. The van der Waals surface area contributed by atoms with E-state index in [0.29, 0.717) is 22.8 Å². The average molecular weight is 452 g/mol. The molecular formula is C25H23F2N3OS. The predicted molar refractivity (Wildman–Crippen MR) is 122 cm³/mol. The minimum absolute atomic E-state index is 0.476. The number of aryl methyl sites for hydroxylation is 1. The van der Waals surface area contributed by atoms with Crippen molar-refractivity contribution in [2.24, 2.45) is 7.05 Å². The Morgan fingerprint density at radius 3 is 2.22 bits per heavy atom. The summed E-state index contributed by atoms with van der Waals surface area (Å²) < 4.78 is 29.3. The lowest BCUT2D eigenvalue weighted by Gasteiger charge is -2.16. The van der Waals surface area contributed by atoms with Crippen LogP contribution in [0.2, 0.25) is 0 Å².